The largest absolute Gasteiger partial charge is 0.354 e. The van der Waals surface area contributed by atoms with Gasteiger partial charge in [0.2, 0.25) is 0 Å². The molecule has 2 aromatic carbocycles. The van der Waals surface area contributed by atoms with E-state index in [9.17, 15) is 9.18 Å². The minimum Gasteiger partial charge on any atom is -0.354 e. The van der Waals surface area contributed by atoms with Crippen molar-refractivity contribution in [2.45, 2.75) is 13.8 Å². The van der Waals surface area contributed by atoms with Gasteiger partial charge in [-0.25, -0.2) is 9.37 Å². The van der Waals surface area contributed by atoms with E-state index in [0.717, 1.165) is 11.3 Å². The zero-order valence-corrected chi connectivity index (χ0v) is 14.7. The molecule has 132 valence electrons. The molecule has 0 bridgehead atoms. The molecule has 4 nitrogen and oxygen atoms in total. The average molecular weight is 349 g/mol. The Bertz CT molecular complexity index is 909. The van der Waals surface area contributed by atoms with Gasteiger partial charge in [0.25, 0.3) is 5.91 Å². The first-order valence-corrected chi connectivity index (χ1v) is 8.44. The van der Waals surface area contributed by atoms with E-state index in [1.807, 2.05) is 38.1 Å². The topological polar surface area (TPSA) is 45.2 Å². The predicted octanol–water partition coefficient (Wildman–Crippen LogP) is 4.94. The van der Waals surface area contributed by atoms with Crippen LogP contribution in [0.2, 0.25) is 0 Å². The summed E-state index contributed by atoms with van der Waals surface area (Å²) >= 11 is 0. The number of pyridine rings is 1. The lowest BCUT2D eigenvalue weighted by Gasteiger charge is -2.21. The lowest BCUT2D eigenvalue weighted by atomic mass is 10.2. The van der Waals surface area contributed by atoms with Gasteiger partial charge >= 0.3 is 0 Å². The molecule has 0 aliphatic heterocycles. The predicted molar refractivity (Wildman–Crippen MR) is 102 cm³/mol. The van der Waals surface area contributed by atoms with Gasteiger partial charge in [0.05, 0.1) is 11.9 Å². The number of nitrogens with one attached hydrogen (secondary N) is 1. The number of anilines is 3. The zero-order valence-electron chi connectivity index (χ0n) is 14.7. The minimum atomic E-state index is -0.313. The van der Waals surface area contributed by atoms with Crippen LogP contribution >= 0.6 is 0 Å². The third-order valence-electron chi connectivity index (χ3n) is 3.97. The summed E-state index contributed by atoms with van der Waals surface area (Å²) in [6.45, 7) is 4.47. The van der Waals surface area contributed by atoms with Crippen molar-refractivity contribution in [3.63, 3.8) is 0 Å². The standard InChI is InChI=1S/C21H20FN3O/c1-3-25(19-9-4-6-15(2)12-19)21(26)20-11-10-18(14-23-20)24-17-8-5-7-16(22)13-17/h4-14,24H,3H2,1-2H3. The van der Waals surface area contributed by atoms with Gasteiger partial charge in [-0.3, -0.25) is 4.79 Å². The highest BCUT2D eigenvalue weighted by molar-refractivity contribution is 6.04. The third kappa shape index (κ3) is 4.06. The molecule has 0 unspecified atom stereocenters. The Labute approximate surface area is 152 Å². The fourth-order valence-corrected chi connectivity index (χ4v) is 2.70. The van der Waals surface area contributed by atoms with Gasteiger partial charge in [0.15, 0.2) is 0 Å². The summed E-state index contributed by atoms with van der Waals surface area (Å²) in [6.07, 6.45) is 1.57. The van der Waals surface area contributed by atoms with E-state index in [1.54, 1.807) is 35.4 Å². The van der Waals surface area contributed by atoms with Crippen LogP contribution in [0.25, 0.3) is 0 Å². The van der Waals surface area contributed by atoms with Crippen LogP contribution < -0.4 is 10.2 Å². The number of aryl methyl sites for hydroxylation is 1. The molecule has 5 heteroatoms. The van der Waals surface area contributed by atoms with Crippen molar-refractivity contribution >= 4 is 23.0 Å². The van der Waals surface area contributed by atoms with Crippen LogP contribution in [0.1, 0.15) is 23.0 Å². The van der Waals surface area contributed by atoms with E-state index < -0.39 is 0 Å². The van der Waals surface area contributed by atoms with Gasteiger partial charge in [-0.2, -0.15) is 0 Å². The number of carbonyl (C=O) groups is 1. The Morgan fingerprint density at radius 1 is 1.08 bits per heavy atom. The first-order valence-electron chi connectivity index (χ1n) is 8.44. The van der Waals surface area contributed by atoms with Crippen molar-refractivity contribution in [3.8, 4) is 0 Å². The quantitative estimate of drug-likeness (QED) is 0.710. The summed E-state index contributed by atoms with van der Waals surface area (Å²) < 4.78 is 13.3. The molecule has 1 aromatic heterocycles. The van der Waals surface area contributed by atoms with Crippen LogP contribution in [0.3, 0.4) is 0 Å². The maximum absolute atomic E-state index is 13.3. The highest BCUT2D eigenvalue weighted by atomic mass is 19.1. The van der Waals surface area contributed by atoms with E-state index >= 15 is 0 Å². The van der Waals surface area contributed by atoms with Crippen molar-refractivity contribution in [2.75, 3.05) is 16.8 Å². The lowest BCUT2D eigenvalue weighted by Crippen LogP contribution is -2.31. The van der Waals surface area contributed by atoms with E-state index in [0.29, 0.717) is 23.6 Å². The second-order valence-electron chi connectivity index (χ2n) is 5.96. The molecule has 3 aromatic rings. The molecule has 1 heterocycles. The molecule has 0 aliphatic rings. The number of hydrogen-bond donors (Lipinski definition) is 1. The normalized spacial score (nSPS) is 10.4. The van der Waals surface area contributed by atoms with Crippen molar-refractivity contribution in [1.29, 1.82) is 0 Å². The molecule has 0 radical (unpaired) electrons. The molecule has 0 atom stereocenters. The molecular formula is C21H20FN3O. The fraction of sp³-hybridized carbons (Fsp3) is 0.143. The summed E-state index contributed by atoms with van der Waals surface area (Å²) in [4.78, 5) is 18.8. The van der Waals surface area contributed by atoms with Gasteiger partial charge in [-0.05, 0) is 61.9 Å². The summed E-state index contributed by atoms with van der Waals surface area (Å²) in [5.74, 6) is -0.470. The van der Waals surface area contributed by atoms with E-state index in [4.69, 9.17) is 0 Å². The second kappa shape index (κ2) is 7.78. The SMILES string of the molecule is CCN(C(=O)c1ccc(Nc2cccc(F)c2)cn1)c1cccc(C)c1. The Morgan fingerprint density at radius 2 is 1.88 bits per heavy atom. The molecule has 0 saturated heterocycles. The lowest BCUT2D eigenvalue weighted by molar-refractivity contribution is 0.0983. The van der Waals surface area contributed by atoms with E-state index in [-0.39, 0.29) is 11.7 Å². The van der Waals surface area contributed by atoms with Crippen LogP contribution in [0.15, 0.2) is 66.9 Å². The van der Waals surface area contributed by atoms with Crippen LogP contribution in [-0.2, 0) is 0 Å². The summed E-state index contributed by atoms with van der Waals surface area (Å²) in [5, 5.41) is 3.07. The number of carbonyl (C=O) groups excluding carboxylic acids is 1. The Morgan fingerprint density at radius 3 is 2.54 bits per heavy atom. The molecule has 0 aliphatic carbocycles. The maximum Gasteiger partial charge on any atom is 0.276 e. The number of nitrogens with zero attached hydrogens (tertiary/aromatic N) is 2. The van der Waals surface area contributed by atoms with Gasteiger partial charge in [-0.1, -0.05) is 18.2 Å². The third-order valence-corrected chi connectivity index (χ3v) is 3.97. The molecule has 0 saturated carbocycles. The van der Waals surface area contributed by atoms with Gasteiger partial charge in [-0.15, -0.1) is 0 Å². The van der Waals surface area contributed by atoms with Crippen molar-refractivity contribution < 1.29 is 9.18 Å². The number of aromatic nitrogens is 1. The van der Waals surface area contributed by atoms with Gasteiger partial charge in [0.1, 0.15) is 11.5 Å². The number of rotatable bonds is 5. The first-order chi connectivity index (χ1) is 12.6. The summed E-state index contributed by atoms with van der Waals surface area (Å²) in [6, 6.07) is 17.4. The van der Waals surface area contributed by atoms with Crippen LogP contribution in [0, 0.1) is 12.7 Å². The Hall–Kier alpha value is -3.21. The van der Waals surface area contributed by atoms with Crippen LogP contribution in [-0.4, -0.2) is 17.4 Å². The average Bonchev–Trinajstić information content (AvgIpc) is 2.63. The summed E-state index contributed by atoms with van der Waals surface area (Å²) in [5.41, 5.74) is 3.61. The maximum atomic E-state index is 13.3. The molecule has 3 rings (SSSR count). The van der Waals surface area contributed by atoms with E-state index in [2.05, 4.69) is 10.3 Å². The number of hydrogen-bond acceptors (Lipinski definition) is 3. The monoisotopic (exact) mass is 349 g/mol. The van der Waals surface area contributed by atoms with E-state index in [1.165, 1.54) is 12.1 Å². The highest BCUT2D eigenvalue weighted by Crippen LogP contribution is 2.20. The first kappa shape index (κ1) is 17.6. The van der Waals surface area contributed by atoms with Gasteiger partial charge in [0, 0.05) is 17.9 Å². The van der Waals surface area contributed by atoms with Crippen molar-refractivity contribution in [2.24, 2.45) is 0 Å². The number of amides is 1. The van der Waals surface area contributed by atoms with Crippen molar-refractivity contribution in [1.82, 2.24) is 4.98 Å². The molecular weight excluding hydrogens is 329 g/mol. The minimum absolute atomic E-state index is 0.157. The molecule has 0 fully saturated rings. The van der Waals surface area contributed by atoms with Gasteiger partial charge < -0.3 is 10.2 Å². The smallest absolute Gasteiger partial charge is 0.276 e. The molecule has 26 heavy (non-hydrogen) atoms. The Kier molecular flexibility index (Phi) is 5.27. The molecule has 1 amide bonds. The summed E-state index contributed by atoms with van der Waals surface area (Å²) in [7, 11) is 0. The molecule has 0 spiro atoms. The Balaban J connectivity index is 1.77. The number of halogens is 1. The zero-order chi connectivity index (χ0) is 18.5. The van der Waals surface area contributed by atoms with Crippen molar-refractivity contribution in [3.05, 3.63) is 83.9 Å². The fourth-order valence-electron chi connectivity index (χ4n) is 2.70. The highest BCUT2D eigenvalue weighted by Gasteiger charge is 2.17. The van der Waals surface area contributed by atoms with Crippen LogP contribution in [0.4, 0.5) is 21.5 Å². The molecule has 1 N–H and O–H groups in total. The second-order valence-corrected chi connectivity index (χ2v) is 5.96. The number of benzene rings is 2. The van der Waals surface area contributed by atoms with Crippen LogP contribution in [0.5, 0.6) is 0 Å².